The third kappa shape index (κ3) is 7.20. The molecule has 11 nitrogen and oxygen atoms in total. The lowest BCUT2D eigenvalue weighted by molar-refractivity contribution is -0.288. The van der Waals surface area contributed by atoms with Crippen molar-refractivity contribution in [3.63, 3.8) is 0 Å². The van der Waals surface area contributed by atoms with Gasteiger partial charge in [0, 0.05) is 27.7 Å². The van der Waals surface area contributed by atoms with Crippen molar-refractivity contribution >= 4 is 23.9 Å². The lowest BCUT2D eigenvalue weighted by Crippen LogP contribution is -2.63. The van der Waals surface area contributed by atoms with Gasteiger partial charge in [0.25, 0.3) is 0 Å². The molecular weight excluding hydrogens is 428 g/mol. The first kappa shape index (κ1) is 25.1. The molecule has 1 aliphatic rings. The van der Waals surface area contributed by atoms with Gasteiger partial charge in [-0.15, -0.1) is 0 Å². The average molecular weight is 454 g/mol. The Morgan fingerprint density at radius 2 is 1.34 bits per heavy atom. The van der Waals surface area contributed by atoms with Crippen LogP contribution >= 0.6 is 0 Å². The van der Waals surface area contributed by atoms with Gasteiger partial charge < -0.3 is 33.5 Å². The molecule has 11 heteroatoms. The second-order valence-electron chi connectivity index (χ2n) is 6.99. The smallest absolute Gasteiger partial charge is 0.303 e. The Morgan fingerprint density at radius 1 is 0.812 bits per heavy atom. The van der Waals surface area contributed by atoms with Crippen molar-refractivity contribution in [1.82, 2.24) is 0 Å². The third-order valence-electron chi connectivity index (χ3n) is 4.31. The first-order valence-corrected chi connectivity index (χ1v) is 9.77. The van der Waals surface area contributed by atoms with Crippen LogP contribution in [-0.4, -0.2) is 66.3 Å². The minimum Gasteiger partial charge on any atom is -0.463 e. The van der Waals surface area contributed by atoms with Crippen LogP contribution in [-0.2, 0) is 49.5 Å². The summed E-state index contributed by atoms with van der Waals surface area (Å²) in [6, 6.07) is 6.33. The molecular formula is C21H26O11. The zero-order valence-electron chi connectivity index (χ0n) is 18.1. The first-order valence-electron chi connectivity index (χ1n) is 9.77. The zero-order chi connectivity index (χ0) is 23.8. The number of aliphatic hydroxyl groups excluding tert-OH is 1. The Balaban J connectivity index is 2.42. The highest BCUT2D eigenvalue weighted by atomic mass is 16.7. The van der Waals surface area contributed by atoms with Crippen molar-refractivity contribution < 1.29 is 52.7 Å². The van der Waals surface area contributed by atoms with E-state index in [1.54, 1.807) is 24.3 Å². The number of hydrogen-bond donors (Lipinski definition) is 1. The van der Waals surface area contributed by atoms with Crippen LogP contribution in [0.25, 0.3) is 0 Å². The van der Waals surface area contributed by atoms with Gasteiger partial charge in [0.05, 0.1) is 6.61 Å². The van der Waals surface area contributed by atoms with Crippen molar-refractivity contribution in [2.24, 2.45) is 0 Å². The predicted molar refractivity (Wildman–Crippen MR) is 105 cm³/mol. The van der Waals surface area contributed by atoms with E-state index in [0.29, 0.717) is 11.3 Å². The van der Waals surface area contributed by atoms with Crippen LogP contribution < -0.4 is 4.74 Å². The van der Waals surface area contributed by atoms with Gasteiger partial charge >= 0.3 is 23.9 Å². The lowest BCUT2D eigenvalue weighted by atomic mass is 9.98. The summed E-state index contributed by atoms with van der Waals surface area (Å²) in [5.41, 5.74) is 0.638. The Kier molecular flexibility index (Phi) is 8.97. The van der Waals surface area contributed by atoms with Crippen molar-refractivity contribution in [3.05, 3.63) is 29.8 Å². The average Bonchev–Trinajstić information content (AvgIpc) is 2.70. The van der Waals surface area contributed by atoms with Crippen LogP contribution in [0.15, 0.2) is 24.3 Å². The molecule has 0 bridgehead atoms. The van der Waals surface area contributed by atoms with E-state index in [2.05, 4.69) is 0 Å². The largest absolute Gasteiger partial charge is 0.463 e. The van der Waals surface area contributed by atoms with E-state index >= 15 is 0 Å². The van der Waals surface area contributed by atoms with Crippen LogP contribution in [0.2, 0.25) is 0 Å². The molecule has 1 aromatic rings. The molecule has 0 radical (unpaired) electrons. The molecule has 0 amide bonds. The fraction of sp³-hybridized carbons (Fsp3) is 0.524. The Labute approximate surface area is 184 Å². The number of rotatable bonds is 8. The fourth-order valence-corrected chi connectivity index (χ4v) is 3.09. The molecule has 5 atom stereocenters. The molecule has 0 saturated carbocycles. The summed E-state index contributed by atoms with van der Waals surface area (Å²) in [5, 5.41) is 9.20. The Hall–Kier alpha value is -3.18. The van der Waals surface area contributed by atoms with Gasteiger partial charge in [0.1, 0.15) is 18.5 Å². The van der Waals surface area contributed by atoms with Crippen LogP contribution in [0.4, 0.5) is 0 Å². The summed E-state index contributed by atoms with van der Waals surface area (Å²) in [7, 11) is 0. The van der Waals surface area contributed by atoms with Gasteiger partial charge in [-0.2, -0.15) is 0 Å². The Bertz CT molecular complexity index is 820. The minimum absolute atomic E-state index is 0.167. The lowest BCUT2D eigenvalue weighted by Gasteiger charge is -2.43. The summed E-state index contributed by atoms with van der Waals surface area (Å²) in [5.74, 6) is -2.49. The second-order valence-corrected chi connectivity index (χ2v) is 6.99. The normalized spacial score (nSPS) is 24.7. The standard InChI is InChI=1S/C21H26O11/c1-11(23)27-10-17-18(28-12(2)24)19(29-13(3)25)20(30-14(4)26)21(32-17)31-16-7-5-15(9-22)6-8-16/h5-8,17-22H,9-10H2,1-4H3/t17-,18-,19+,20-,21?/m1/s1. The molecule has 1 unspecified atom stereocenters. The summed E-state index contributed by atoms with van der Waals surface area (Å²) in [6.07, 6.45) is -6.28. The summed E-state index contributed by atoms with van der Waals surface area (Å²) < 4.78 is 32.6. The maximum atomic E-state index is 11.8. The SMILES string of the molecule is CC(=O)OC[C@H]1OC(Oc2ccc(CO)cc2)[C@H](OC(C)=O)[C@@H](OC(C)=O)[C@@H]1OC(C)=O. The number of esters is 4. The maximum Gasteiger partial charge on any atom is 0.303 e. The first-order chi connectivity index (χ1) is 15.1. The molecule has 32 heavy (non-hydrogen) atoms. The zero-order valence-corrected chi connectivity index (χ0v) is 18.1. The summed E-state index contributed by atoms with van der Waals surface area (Å²) in [4.78, 5) is 46.6. The number of ether oxygens (including phenoxy) is 6. The van der Waals surface area contributed by atoms with E-state index in [0.717, 1.165) is 20.8 Å². The maximum absolute atomic E-state index is 11.8. The number of hydrogen-bond acceptors (Lipinski definition) is 11. The van der Waals surface area contributed by atoms with E-state index in [1.165, 1.54) is 6.92 Å². The molecule has 0 aliphatic carbocycles. The summed E-state index contributed by atoms with van der Waals surface area (Å²) in [6.45, 7) is 4.09. The van der Waals surface area contributed by atoms with Crippen LogP contribution in [0.5, 0.6) is 5.75 Å². The number of aliphatic hydroxyl groups is 1. The molecule has 2 rings (SSSR count). The third-order valence-corrected chi connectivity index (χ3v) is 4.31. The molecule has 0 aromatic heterocycles. The van der Waals surface area contributed by atoms with E-state index < -0.39 is 54.6 Å². The number of carbonyl (C=O) groups is 4. The second kappa shape index (κ2) is 11.4. The van der Waals surface area contributed by atoms with Crippen LogP contribution in [0, 0.1) is 0 Å². The molecule has 176 valence electrons. The van der Waals surface area contributed by atoms with Crippen LogP contribution in [0.1, 0.15) is 33.3 Å². The minimum atomic E-state index is -1.31. The monoisotopic (exact) mass is 454 g/mol. The van der Waals surface area contributed by atoms with Gasteiger partial charge in [-0.1, -0.05) is 12.1 Å². The van der Waals surface area contributed by atoms with E-state index in [-0.39, 0.29) is 13.2 Å². The molecule has 1 saturated heterocycles. The fourth-order valence-electron chi connectivity index (χ4n) is 3.09. The molecule has 0 spiro atoms. The highest BCUT2D eigenvalue weighted by Crippen LogP contribution is 2.31. The van der Waals surface area contributed by atoms with E-state index in [4.69, 9.17) is 28.4 Å². The Morgan fingerprint density at radius 3 is 1.84 bits per heavy atom. The quantitative estimate of drug-likeness (QED) is 0.436. The highest BCUT2D eigenvalue weighted by Gasteiger charge is 2.53. The van der Waals surface area contributed by atoms with E-state index in [9.17, 15) is 24.3 Å². The molecule has 1 fully saturated rings. The van der Waals surface area contributed by atoms with Crippen LogP contribution in [0.3, 0.4) is 0 Å². The number of carbonyl (C=O) groups excluding carboxylic acids is 4. The highest BCUT2D eigenvalue weighted by molar-refractivity contribution is 5.68. The number of benzene rings is 1. The van der Waals surface area contributed by atoms with E-state index in [1.807, 2.05) is 0 Å². The van der Waals surface area contributed by atoms with Gasteiger partial charge in [0.15, 0.2) is 12.2 Å². The van der Waals surface area contributed by atoms with Gasteiger partial charge in [-0.3, -0.25) is 19.2 Å². The van der Waals surface area contributed by atoms with Crippen molar-refractivity contribution in [2.75, 3.05) is 6.61 Å². The molecule has 1 heterocycles. The summed E-state index contributed by atoms with van der Waals surface area (Å²) >= 11 is 0. The molecule has 1 aromatic carbocycles. The molecule has 1 aliphatic heterocycles. The predicted octanol–water partition coefficient (Wildman–Crippen LogP) is 0.641. The topological polar surface area (TPSA) is 144 Å². The van der Waals surface area contributed by atoms with Gasteiger partial charge in [-0.05, 0) is 17.7 Å². The van der Waals surface area contributed by atoms with Gasteiger partial charge in [0.2, 0.25) is 12.4 Å². The van der Waals surface area contributed by atoms with Crippen molar-refractivity contribution in [3.8, 4) is 5.75 Å². The van der Waals surface area contributed by atoms with Crippen molar-refractivity contribution in [2.45, 2.75) is 65.0 Å². The van der Waals surface area contributed by atoms with Gasteiger partial charge in [-0.25, -0.2) is 0 Å². The molecule has 1 N–H and O–H groups in total. The van der Waals surface area contributed by atoms with Crippen molar-refractivity contribution in [1.29, 1.82) is 0 Å².